The maximum atomic E-state index is 5.93. The fourth-order valence-electron chi connectivity index (χ4n) is 2.24. The topological polar surface area (TPSA) is 87.0 Å². The highest BCUT2D eigenvalue weighted by atomic mass is 16.5. The molecular weight excluding hydrogens is 264 g/mol. The van der Waals surface area contributed by atoms with Crippen LogP contribution in [-0.2, 0) is 6.42 Å². The van der Waals surface area contributed by atoms with Crippen molar-refractivity contribution < 1.29 is 4.74 Å². The van der Waals surface area contributed by atoms with Gasteiger partial charge in [0.05, 0.1) is 17.5 Å². The molecule has 0 radical (unpaired) electrons. The highest BCUT2D eigenvalue weighted by Crippen LogP contribution is 2.29. The smallest absolute Gasteiger partial charge is 0.222 e. The molecule has 4 N–H and O–H groups in total. The first-order valence-corrected chi connectivity index (χ1v) is 6.72. The van der Waals surface area contributed by atoms with Gasteiger partial charge in [-0.3, -0.25) is 0 Å². The van der Waals surface area contributed by atoms with Crippen LogP contribution in [0.15, 0.2) is 48.5 Å². The summed E-state index contributed by atoms with van der Waals surface area (Å²) in [5, 5.41) is 0.708. The van der Waals surface area contributed by atoms with Gasteiger partial charge in [-0.1, -0.05) is 36.4 Å². The summed E-state index contributed by atoms with van der Waals surface area (Å²) in [5.41, 5.74) is 13.5. The van der Waals surface area contributed by atoms with Crippen LogP contribution in [-0.4, -0.2) is 16.6 Å². The lowest BCUT2D eigenvalue weighted by Crippen LogP contribution is -2.05. The van der Waals surface area contributed by atoms with Gasteiger partial charge in [0, 0.05) is 6.42 Å². The van der Waals surface area contributed by atoms with E-state index in [2.05, 4.69) is 22.1 Å². The van der Waals surface area contributed by atoms with Crippen LogP contribution in [0.4, 0.5) is 11.8 Å². The van der Waals surface area contributed by atoms with Gasteiger partial charge in [0.15, 0.2) is 0 Å². The predicted octanol–water partition coefficient (Wildman–Crippen LogP) is 2.42. The minimum absolute atomic E-state index is 0.168. The van der Waals surface area contributed by atoms with Crippen LogP contribution in [0.2, 0.25) is 0 Å². The van der Waals surface area contributed by atoms with Crippen molar-refractivity contribution in [1.82, 2.24) is 9.97 Å². The summed E-state index contributed by atoms with van der Waals surface area (Å²) in [6.45, 7) is 0.562. The maximum absolute atomic E-state index is 5.93. The fourth-order valence-corrected chi connectivity index (χ4v) is 2.24. The summed E-state index contributed by atoms with van der Waals surface area (Å²) in [4.78, 5) is 8.16. The second kappa shape index (κ2) is 5.66. The molecular formula is C16H16N4O. The van der Waals surface area contributed by atoms with Gasteiger partial charge in [0.25, 0.3) is 0 Å². The van der Waals surface area contributed by atoms with Crippen LogP contribution >= 0.6 is 0 Å². The van der Waals surface area contributed by atoms with Crippen molar-refractivity contribution in [3.05, 3.63) is 54.1 Å². The Labute approximate surface area is 122 Å². The number of aromatic nitrogens is 2. The lowest BCUT2D eigenvalue weighted by molar-refractivity contribution is 0.326. The molecule has 0 bridgehead atoms. The van der Waals surface area contributed by atoms with Gasteiger partial charge in [0.1, 0.15) is 11.6 Å². The second-order valence-corrected chi connectivity index (χ2v) is 4.70. The van der Waals surface area contributed by atoms with Crippen molar-refractivity contribution in [2.45, 2.75) is 6.42 Å². The van der Waals surface area contributed by atoms with Crippen molar-refractivity contribution in [3.63, 3.8) is 0 Å². The molecule has 0 saturated heterocycles. The van der Waals surface area contributed by atoms with Gasteiger partial charge < -0.3 is 16.2 Å². The van der Waals surface area contributed by atoms with Gasteiger partial charge >= 0.3 is 0 Å². The Hall–Kier alpha value is -2.82. The first kappa shape index (κ1) is 13.2. The van der Waals surface area contributed by atoms with Crippen molar-refractivity contribution in [2.24, 2.45) is 0 Å². The third-order valence-electron chi connectivity index (χ3n) is 3.22. The molecule has 1 heterocycles. The SMILES string of the molecule is Nc1nc(N)c2c(OCCc3ccccc3)cccc2n1. The van der Waals surface area contributed by atoms with Crippen LogP contribution in [0.3, 0.4) is 0 Å². The van der Waals surface area contributed by atoms with E-state index < -0.39 is 0 Å². The van der Waals surface area contributed by atoms with E-state index >= 15 is 0 Å². The Morgan fingerprint density at radius 3 is 2.52 bits per heavy atom. The number of hydrogen-bond acceptors (Lipinski definition) is 5. The largest absolute Gasteiger partial charge is 0.492 e. The third kappa shape index (κ3) is 2.86. The number of ether oxygens (including phenoxy) is 1. The molecule has 0 saturated carbocycles. The van der Waals surface area contributed by atoms with E-state index in [9.17, 15) is 0 Å². The zero-order valence-electron chi connectivity index (χ0n) is 11.5. The van der Waals surface area contributed by atoms with E-state index in [-0.39, 0.29) is 5.95 Å². The number of hydrogen-bond donors (Lipinski definition) is 2. The van der Waals surface area contributed by atoms with Crippen molar-refractivity contribution in [1.29, 1.82) is 0 Å². The summed E-state index contributed by atoms with van der Waals surface area (Å²) in [6, 6.07) is 15.7. The summed E-state index contributed by atoms with van der Waals surface area (Å²) >= 11 is 0. The van der Waals surface area contributed by atoms with E-state index in [0.717, 1.165) is 6.42 Å². The summed E-state index contributed by atoms with van der Waals surface area (Å²) in [5.74, 6) is 1.19. The van der Waals surface area contributed by atoms with Crippen LogP contribution in [0.5, 0.6) is 5.75 Å². The molecule has 0 amide bonds. The number of fused-ring (bicyclic) bond motifs is 1. The molecule has 0 spiro atoms. The van der Waals surface area contributed by atoms with E-state index in [4.69, 9.17) is 16.2 Å². The minimum atomic E-state index is 0.168. The molecule has 0 atom stereocenters. The van der Waals surface area contributed by atoms with Gasteiger partial charge in [-0.05, 0) is 17.7 Å². The minimum Gasteiger partial charge on any atom is -0.492 e. The van der Waals surface area contributed by atoms with Crippen LogP contribution in [0.1, 0.15) is 5.56 Å². The van der Waals surface area contributed by atoms with E-state index in [1.807, 2.05) is 36.4 Å². The summed E-state index contributed by atoms with van der Waals surface area (Å²) in [7, 11) is 0. The number of rotatable bonds is 4. The highest BCUT2D eigenvalue weighted by Gasteiger charge is 2.09. The number of nitrogens with two attached hydrogens (primary N) is 2. The summed E-state index contributed by atoms with van der Waals surface area (Å²) < 4.78 is 5.84. The molecule has 0 unspecified atom stereocenters. The van der Waals surface area contributed by atoms with Crippen molar-refractivity contribution in [2.75, 3.05) is 18.1 Å². The normalized spacial score (nSPS) is 10.7. The molecule has 2 aromatic carbocycles. The summed E-state index contributed by atoms with van der Waals surface area (Å²) in [6.07, 6.45) is 0.826. The molecule has 3 rings (SSSR count). The Morgan fingerprint density at radius 1 is 0.905 bits per heavy atom. The third-order valence-corrected chi connectivity index (χ3v) is 3.22. The fraction of sp³-hybridized carbons (Fsp3) is 0.125. The lowest BCUT2D eigenvalue weighted by Gasteiger charge is -2.10. The first-order valence-electron chi connectivity index (χ1n) is 6.72. The monoisotopic (exact) mass is 280 g/mol. The molecule has 5 heteroatoms. The Morgan fingerprint density at radius 2 is 1.71 bits per heavy atom. The number of anilines is 2. The van der Waals surface area contributed by atoms with E-state index in [1.54, 1.807) is 0 Å². The first-order chi connectivity index (χ1) is 10.2. The number of nitrogens with zero attached hydrogens (tertiary/aromatic N) is 2. The molecule has 0 aliphatic heterocycles. The molecule has 106 valence electrons. The number of nitrogen functional groups attached to an aromatic ring is 2. The van der Waals surface area contributed by atoms with Crippen LogP contribution in [0.25, 0.3) is 10.9 Å². The predicted molar refractivity (Wildman–Crippen MR) is 84.0 cm³/mol. The van der Waals surface area contributed by atoms with Gasteiger partial charge in [-0.2, -0.15) is 4.98 Å². The van der Waals surface area contributed by atoms with Gasteiger partial charge in [-0.25, -0.2) is 4.98 Å². The highest BCUT2D eigenvalue weighted by molar-refractivity contribution is 5.94. The second-order valence-electron chi connectivity index (χ2n) is 4.70. The molecule has 3 aromatic rings. The molecule has 5 nitrogen and oxygen atoms in total. The quantitative estimate of drug-likeness (QED) is 0.766. The zero-order chi connectivity index (χ0) is 14.7. The van der Waals surface area contributed by atoms with Crippen LogP contribution in [0, 0.1) is 0 Å². The standard InChI is InChI=1S/C16H16N4O/c17-15-14-12(19-16(18)20-15)7-4-8-13(14)21-10-9-11-5-2-1-3-6-11/h1-8H,9-10H2,(H4,17,18,19,20). The molecule has 0 aliphatic carbocycles. The Bertz CT molecular complexity index is 759. The van der Waals surface area contributed by atoms with Crippen molar-refractivity contribution >= 4 is 22.7 Å². The van der Waals surface area contributed by atoms with Gasteiger partial charge in [0.2, 0.25) is 5.95 Å². The Kier molecular flexibility index (Phi) is 3.55. The molecule has 1 aromatic heterocycles. The molecule has 0 fully saturated rings. The molecule has 0 aliphatic rings. The average molecular weight is 280 g/mol. The van der Waals surface area contributed by atoms with E-state index in [0.29, 0.717) is 29.1 Å². The lowest BCUT2D eigenvalue weighted by atomic mass is 10.2. The Balaban J connectivity index is 1.81. The zero-order valence-corrected chi connectivity index (χ0v) is 11.5. The van der Waals surface area contributed by atoms with Gasteiger partial charge in [-0.15, -0.1) is 0 Å². The van der Waals surface area contributed by atoms with Crippen molar-refractivity contribution in [3.8, 4) is 5.75 Å². The van der Waals surface area contributed by atoms with E-state index in [1.165, 1.54) is 5.56 Å². The number of benzene rings is 2. The van der Waals surface area contributed by atoms with Crippen LogP contribution < -0.4 is 16.2 Å². The maximum Gasteiger partial charge on any atom is 0.222 e. The average Bonchev–Trinajstić information content (AvgIpc) is 2.48. The molecule has 21 heavy (non-hydrogen) atoms.